The van der Waals surface area contributed by atoms with Crippen molar-refractivity contribution in [1.82, 2.24) is 14.9 Å². The van der Waals surface area contributed by atoms with Gasteiger partial charge >= 0.3 is 0 Å². The van der Waals surface area contributed by atoms with Crippen LogP contribution in [0.4, 0.5) is 0 Å². The minimum atomic E-state index is 0.00548. The summed E-state index contributed by atoms with van der Waals surface area (Å²) in [5.74, 6) is 7.95. The van der Waals surface area contributed by atoms with Gasteiger partial charge in [-0.25, -0.2) is 4.68 Å². The molecule has 2 aromatic carbocycles. The zero-order valence-corrected chi connectivity index (χ0v) is 15.8. The molecule has 0 bridgehead atoms. The zero-order chi connectivity index (χ0) is 18.7. The monoisotopic (exact) mass is 388 g/mol. The highest BCUT2D eigenvalue weighted by Gasteiger charge is 2.14. The first kappa shape index (κ1) is 18.3. The van der Waals surface area contributed by atoms with Gasteiger partial charge in [0.05, 0.1) is 7.11 Å². The fourth-order valence-electron chi connectivity index (χ4n) is 2.42. The number of methoxy groups -OCH3 is 1. The number of nitrogens with zero attached hydrogens (tertiary/aromatic N) is 3. The smallest absolute Gasteiger partial charge is 0.210 e. The molecule has 2 N–H and O–H groups in total. The molecule has 134 valence electrons. The molecule has 0 saturated heterocycles. The lowest BCUT2D eigenvalue weighted by molar-refractivity contribution is 0.101. The highest BCUT2D eigenvalue weighted by atomic mass is 35.5. The van der Waals surface area contributed by atoms with Crippen LogP contribution >= 0.6 is 23.4 Å². The minimum absolute atomic E-state index is 0.00548. The SMILES string of the molecule is COc1ccc(C(C)=O)cc1CSc1nnc(-c2ccc(Cl)cc2)n1N. The third kappa shape index (κ3) is 3.84. The van der Waals surface area contributed by atoms with Crippen molar-refractivity contribution < 1.29 is 9.53 Å². The van der Waals surface area contributed by atoms with Crippen molar-refractivity contribution in [1.29, 1.82) is 0 Å². The van der Waals surface area contributed by atoms with E-state index in [2.05, 4.69) is 10.2 Å². The maximum Gasteiger partial charge on any atom is 0.210 e. The van der Waals surface area contributed by atoms with Crippen molar-refractivity contribution in [3.8, 4) is 17.1 Å². The number of carbonyl (C=O) groups excluding carboxylic acids is 1. The molecule has 0 amide bonds. The van der Waals surface area contributed by atoms with Crippen LogP contribution in [0.25, 0.3) is 11.4 Å². The first-order valence-corrected chi connectivity index (χ1v) is 9.13. The summed E-state index contributed by atoms with van der Waals surface area (Å²) >= 11 is 7.33. The Morgan fingerprint density at radius 2 is 1.96 bits per heavy atom. The lowest BCUT2D eigenvalue weighted by Gasteiger charge is -2.09. The quantitative estimate of drug-likeness (QED) is 0.392. The van der Waals surface area contributed by atoms with Gasteiger partial charge in [0.25, 0.3) is 0 Å². The molecule has 8 heteroatoms. The molecule has 0 unspecified atom stereocenters. The maximum atomic E-state index is 11.6. The van der Waals surface area contributed by atoms with E-state index in [1.54, 1.807) is 31.4 Å². The van der Waals surface area contributed by atoms with Crippen LogP contribution < -0.4 is 10.6 Å². The molecular formula is C18H17ClN4O2S. The van der Waals surface area contributed by atoms with Gasteiger partial charge in [-0.1, -0.05) is 23.4 Å². The summed E-state index contributed by atoms with van der Waals surface area (Å²) in [6.07, 6.45) is 0. The number of carbonyl (C=O) groups is 1. The van der Waals surface area contributed by atoms with E-state index in [0.29, 0.717) is 33.1 Å². The van der Waals surface area contributed by atoms with Crippen LogP contribution in [0.1, 0.15) is 22.8 Å². The molecule has 0 spiro atoms. The Morgan fingerprint density at radius 1 is 1.23 bits per heavy atom. The van der Waals surface area contributed by atoms with Crippen LogP contribution in [0.5, 0.6) is 5.75 Å². The summed E-state index contributed by atoms with van der Waals surface area (Å²) in [5.41, 5.74) is 2.35. The summed E-state index contributed by atoms with van der Waals surface area (Å²) in [6.45, 7) is 1.54. The van der Waals surface area contributed by atoms with E-state index >= 15 is 0 Å². The van der Waals surface area contributed by atoms with Gasteiger partial charge in [0.15, 0.2) is 11.6 Å². The van der Waals surface area contributed by atoms with Gasteiger partial charge in [-0.3, -0.25) is 4.79 Å². The Labute approximate surface area is 160 Å². The molecule has 0 radical (unpaired) electrons. The molecule has 3 rings (SSSR count). The predicted octanol–water partition coefficient (Wildman–Crippen LogP) is 3.82. The number of aromatic nitrogens is 3. The number of hydrogen-bond acceptors (Lipinski definition) is 6. The highest BCUT2D eigenvalue weighted by Crippen LogP contribution is 2.29. The minimum Gasteiger partial charge on any atom is -0.496 e. The van der Waals surface area contributed by atoms with E-state index in [4.69, 9.17) is 22.2 Å². The van der Waals surface area contributed by atoms with E-state index < -0.39 is 0 Å². The molecule has 0 aliphatic carbocycles. The van der Waals surface area contributed by atoms with Crippen molar-refractivity contribution in [3.63, 3.8) is 0 Å². The first-order chi connectivity index (χ1) is 12.5. The molecule has 0 atom stereocenters. The lowest BCUT2D eigenvalue weighted by Crippen LogP contribution is -2.11. The molecule has 6 nitrogen and oxygen atoms in total. The van der Waals surface area contributed by atoms with Gasteiger partial charge in [0.1, 0.15) is 5.75 Å². The van der Waals surface area contributed by atoms with Crippen molar-refractivity contribution in [2.75, 3.05) is 13.0 Å². The summed E-state index contributed by atoms with van der Waals surface area (Å²) in [7, 11) is 1.60. The van der Waals surface area contributed by atoms with E-state index in [1.165, 1.54) is 23.4 Å². The first-order valence-electron chi connectivity index (χ1n) is 7.76. The fourth-order valence-corrected chi connectivity index (χ4v) is 3.38. The van der Waals surface area contributed by atoms with Gasteiger partial charge < -0.3 is 10.6 Å². The molecule has 0 aliphatic heterocycles. The number of benzene rings is 2. The van der Waals surface area contributed by atoms with E-state index in [9.17, 15) is 4.79 Å². The fraction of sp³-hybridized carbons (Fsp3) is 0.167. The standard InChI is InChI=1S/C18H17ClN4O2S/c1-11(24)13-5-8-16(25-2)14(9-13)10-26-18-22-21-17(23(18)20)12-3-6-15(19)7-4-12/h3-9H,10,20H2,1-2H3. The zero-order valence-electron chi connectivity index (χ0n) is 14.3. The molecular weight excluding hydrogens is 372 g/mol. The number of ether oxygens (including phenoxy) is 1. The maximum absolute atomic E-state index is 11.6. The number of nitrogen functional groups attached to an aromatic ring is 1. The van der Waals surface area contributed by atoms with Gasteiger partial charge in [-0.2, -0.15) is 0 Å². The summed E-state index contributed by atoms with van der Waals surface area (Å²) in [4.78, 5) is 11.6. The van der Waals surface area contributed by atoms with Crippen molar-refractivity contribution in [2.45, 2.75) is 17.8 Å². The van der Waals surface area contributed by atoms with Gasteiger partial charge in [0, 0.05) is 27.5 Å². The van der Waals surface area contributed by atoms with E-state index in [-0.39, 0.29) is 5.78 Å². The highest BCUT2D eigenvalue weighted by molar-refractivity contribution is 7.98. The average Bonchev–Trinajstić information content (AvgIpc) is 3.01. The summed E-state index contributed by atoms with van der Waals surface area (Å²) in [6, 6.07) is 12.6. The third-order valence-corrected chi connectivity index (χ3v) is 5.05. The second-order valence-corrected chi connectivity index (χ2v) is 6.93. The average molecular weight is 389 g/mol. The number of ketones is 1. The number of nitrogens with two attached hydrogens (primary N) is 1. The number of Topliss-reactive ketones (excluding diaryl/α,β-unsaturated/α-hetero) is 1. The van der Waals surface area contributed by atoms with E-state index in [1.807, 2.05) is 18.2 Å². The van der Waals surface area contributed by atoms with Crippen LogP contribution in [-0.2, 0) is 5.75 Å². The number of rotatable bonds is 6. The summed E-state index contributed by atoms with van der Waals surface area (Å²) in [5, 5.41) is 9.51. The van der Waals surface area contributed by atoms with Crippen molar-refractivity contribution in [3.05, 3.63) is 58.6 Å². The molecule has 0 saturated carbocycles. The lowest BCUT2D eigenvalue weighted by atomic mass is 10.1. The van der Waals surface area contributed by atoms with Gasteiger partial charge in [-0.15, -0.1) is 10.2 Å². The predicted molar refractivity (Wildman–Crippen MR) is 103 cm³/mol. The van der Waals surface area contributed by atoms with Crippen LogP contribution in [0, 0.1) is 0 Å². The van der Waals surface area contributed by atoms with Crippen molar-refractivity contribution in [2.24, 2.45) is 0 Å². The Hall–Kier alpha value is -2.51. The molecule has 26 heavy (non-hydrogen) atoms. The Kier molecular flexibility index (Phi) is 5.49. The summed E-state index contributed by atoms with van der Waals surface area (Å²) < 4.78 is 6.81. The second kappa shape index (κ2) is 7.80. The molecule has 0 aliphatic rings. The molecule has 1 heterocycles. The van der Waals surface area contributed by atoms with Gasteiger partial charge in [0.2, 0.25) is 5.16 Å². The molecule has 1 aromatic heterocycles. The van der Waals surface area contributed by atoms with Gasteiger partial charge in [-0.05, 0) is 49.4 Å². The number of thioether (sulfide) groups is 1. The third-order valence-electron chi connectivity index (χ3n) is 3.81. The Balaban J connectivity index is 1.82. The second-order valence-electron chi connectivity index (χ2n) is 5.55. The van der Waals surface area contributed by atoms with Crippen LogP contribution in [-0.4, -0.2) is 27.8 Å². The van der Waals surface area contributed by atoms with Crippen LogP contribution in [0.15, 0.2) is 47.6 Å². The number of hydrogen-bond donors (Lipinski definition) is 1. The number of halogens is 1. The van der Waals surface area contributed by atoms with Crippen molar-refractivity contribution >= 4 is 29.1 Å². The largest absolute Gasteiger partial charge is 0.496 e. The topological polar surface area (TPSA) is 83.0 Å². The normalized spacial score (nSPS) is 10.7. The van der Waals surface area contributed by atoms with Crippen LogP contribution in [0.2, 0.25) is 5.02 Å². The molecule has 3 aromatic rings. The van der Waals surface area contributed by atoms with E-state index in [0.717, 1.165) is 11.1 Å². The molecule has 0 fully saturated rings. The Morgan fingerprint density at radius 3 is 2.62 bits per heavy atom. The van der Waals surface area contributed by atoms with Crippen LogP contribution in [0.3, 0.4) is 0 Å². The Bertz CT molecular complexity index is 941.